The fraction of sp³-hybridized carbons (Fsp3) is 0.273. The van der Waals surface area contributed by atoms with Crippen LogP contribution in [0.2, 0.25) is 0 Å². The molecule has 0 spiro atoms. The van der Waals surface area contributed by atoms with Crippen molar-refractivity contribution in [3.05, 3.63) is 71.4 Å². The standard InChI is InChI=1S/C11H14N2.C11H12N2/c2*1-2-8-7-13-11(12)10-6-4-3-5-9(8)10/h3-6,8H,2,7H2,1H3,(H2,12,13);3-7H,2H2,1H3,(H2,12,13). The van der Waals surface area contributed by atoms with Gasteiger partial charge in [-0.05, 0) is 29.4 Å². The van der Waals surface area contributed by atoms with Gasteiger partial charge in [-0.2, -0.15) is 0 Å². The minimum absolute atomic E-state index is 0.559. The van der Waals surface area contributed by atoms with Crippen molar-refractivity contribution >= 4 is 22.4 Å². The molecule has 0 aliphatic carbocycles. The summed E-state index contributed by atoms with van der Waals surface area (Å²) in [6, 6.07) is 16.4. The van der Waals surface area contributed by atoms with Gasteiger partial charge in [-0.15, -0.1) is 0 Å². The molecule has 1 aliphatic heterocycles. The van der Waals surface area contributed by atoms with Crippen molar-refractivity contribution in [3.8, 4) is 0 Å². The first kappa shape index (κ1) is 17.9. The van der Waals surface area contributed by atoms with Crippen LogP contribution in [0.25, 0.3) is 10.8 Å². The van der Waals surface area contributed by atoms with Crippen molar-refractivity contribution in [2.75, 3.05) is 12.3 Å². The molecule has 26 heavy (non-hydrogen) atoms. The summed E-state index contributed by atoms with van der Waals surface area (Å²) in [5.41, 5.74) is 15.3. The predicted molar refractivity (Wildman–Crippen MR) is 111 cm³/mol. The fourth-order valence-electron chi connectivity index (χ4n) is 3.38. The summed E-state index contributed by atoms with van der Waals surface area (Å²) in [5.74, 6) is 1.87. The summed E-state index contributed by atoms with van der Waals surface area (Å²) < 4.78 is 0. The third kappa shape index (κ3) is 3.54. The number of fused-ring (bicyclic) bond motifs is 2. The molecule has 1 aliphatic rings. The van der Waals surface area contributed by atoms with Crippen LogP contribution in [0.4, 0.5) is 5.82 Å². The average Bonchev–Trinajstić information content (AvgIpc) is 2.70. The molecule has 0 radical (unpaired) electrons. The number of pyridine rings is 1. The minimum Gasteiger partial charge on any atom is -0.383 e. The van der Waals surface area contributed by atoms with Gasteiger partial charge in [-0.25, -0.2) is 4.98 Å². The Balaban J connectivity index is 0.000000151. The number of anilines is 1. The van der Waals surface area contributed by atoms with E-state index in [0.29, 0.717) is 17.6 Å². The maximum Gasteiger partial charge on any atom is 0.131 e. The fourth-order valence-corrected chi connectivity index (χ4v) is 3.38. The summed E-state index contributed by atoms with van der Waals surface area (Å²) in [6.07, 6.45) is 3.99. The van der Waals surface area contributed by atoms with Crippen LogP contribution in [0.15, 0.2) is 59.7 Å². The molecule has 1 unspecified atom stereocenters. The maximum atomic E-state index is 5.81. The number of hydrogen-bond acceptors (Lipinski definition) is 4. The van der Waals surface area contributed by atoms with E-state index in [0.717, 1.165) is 30.3 Å². The minimum atomic E-state index is 0.559. The van der Waals surface area contributed by atoms with Crippen LogP contribution in [-0.4, -0.2) is 17.4 Å². The van der Waals surface area contributed by atoms with Gasteiger partial charge in [0.2, 0.25) is 0 Å². The highest BCUT2D eigenvalue weighted by molar-refractivity contribution is 5.99. The van der Waals surface area contributed by atoms with Crippen molar-refractivity contribution in [1.29, 1.82) is 0 Å². The Labute approximate surface area is 155 Å². The highest BCUT2D eigenvalue weighted by Gasteiger charge is 2.18. The van der Waals surface area contributed by atoms with Gasteiger partial charge in [0.15, 0.2) is 0 Å². The lowest BCUT2D eigenvalue weighted by molar-refractivity contribution is 0.665. The van der Waals surface area contributed by atoms with Crippen molar-refractivity contribution < 1.29 is 0 Å². The third-order valence-electron chi connectivity index (χ3n) is 4.94. The number of rotatable bonds is 2. The number of benzene rings is 2. The molecule has 1 atom stereocenters. The van der Waals surface area contributed by atoms with E-state index in [1.54, 1.807) is 0 Å². The molecule has 134 valence electrons. The van der Waals surface area contributed by atoms with E-state index in [9.17, 15) is 0 Å². The van der Waals surface area contributed by atoms with Crippen LogP contribution in [0, 0.1) is 0 Å². The van der Waals surface area contributed by atoms with Crippen molar-refractivity contribution in [2.45, 2.75) is 32.6 Å². The van der Waals surface area contributed by atoms with Gasteiger partial charge in [0, 0.05) is 29.6 Å². The first-order valence-electron chi connectivity index (χ1n) is 9.17. The number of nitrogen functional groups attached to an aromatic ring is 1. The lowest BCUT2D eigenvalue weighted by Crippen LogP contribution is -2.23. The normalized spacial score (nSPS) is 15.6. The second-order valence-electron chi connectivity index (χ2n) is 6.49. The Bertz CT molecular complexity index is 930. The summed E-state index contributed by atoms with van der Waals surface area (Å²) in [6.45, 7) is 5.16. The Morgan fingerprint density at radius 3 is 2.38 bits per heavy atom. The average molecular weight is 346 g/mol. The van der Waals surface area contributed by atoms with Gasteiger partial charge in [0.25, 0.3) is 0 Å². The Morgan fingerprint density at radius 2 is 1.65 bits per heavy atom. The molecular formula is C22H26N4. The van der Waals surface area contributed by atoms with Crippen LogP contribution < -0.4 is 11.5 Å². The molecule has 4 heteroatoms. The second kappa shape index (κ2) is 8.00. The molecule has 3 aromatic rings. The smallest absolute Gasteiger partial charge is 0.131 e. The van der Waals surface area contributed by atoms with Gasteiger partial charge in [-0.1, -0.05) is 62.4 Å². The third-order valence-corrected chi connectivity index (χ3v) is 4.94. The molecule has 0 saturated carbocycles. The molecule has 0 saturated heterocycles. The Hall–Kier alpha value is -2.88. The zero-order chi connectivity index (χ0) is 18.5. The molecule has 4 nitrogen and oxygen atoms in total. The summed E-state index contributed by atoms with van der Waals surface area (Å²) >= 11 is 0. The van der Waals surface area contributed by atoms with E-state index in [-0.39, 0.29) is 0 Å². The molecule has 0 bridgehead atoms. The first-order chi connectivity index (χ1) is 12.7. The van der Waals surface area contributed by atoms with E-state index in [4.69, 9.17) is 11.5 Å². The number of nitrogens with two attached hydrogens (primary N) is 2. The molecule has 0 fully saturated rings. The van der Waals surface area contributed by atoms with Gasteiger partial charge in [0.1, 0.15) is 11.7 Å². The van der Waals surface area contributed by atoms with E-state index >= 15 is 0 Å². The molecular weight excluding hydrogens is 320 g/mol. The van der Waals surface area contributed by atoms with Crippen LogP contribution in [0.5, 0.6) is 0 Å². The van der Waals surface area contributed by atoms with Gasteiger partial charge < -0.3 is 11.5 Å². The second-order valence-corrected chi connectivity index (χ2v) is 6.49. The number of aryl methyl sites for hydroxylation is 1. The quantitative estimate of drug-likeness (QED) is 0.727. The van der Waals surface area contributed by atoms with Crippen molar-refractivity contribution in [3.63, 3.8) is 0 Å². The van der Waals surface area contributed by atoms with E-state index in [1.165, 1.54) is 16.5 Å². The predicted octanol–water partition coefficient (Wildman–Crippen LogP) is 4.28. The van der Waals surface area contributed by atoms with E-state index in [1.807, 2.05) is 30.5 Å². The summed E-state index contributed by atoms with van der Waals surface area (Å²) in [4.78, 5) is 8.47. The topological polar surface area (TPSA) is 77.3 Å². The number of hydrogen-bond donors (Lipinski definition) is 2. The summed E-state index contributed by atoms with van der Waals surface area (Å²) in [5, 5.41) is 2.28. The Morgan fingerprint density at radius 1 is 0.962 bits per heavy atom. The summed E-state index contributed by atoms with van der Waals surface area (Å²) in [7, 11) is 0. The molecule has 0 amide bonds. The van der Waals surface area contributed by atoms with Crippen LogP contribution in [0.1, 0.15) is 42.9 Å². The van der Waals surface area contributed by atoms with Crippen molar-refractivity contribution in [2.24, 2.45) is 10.7 Å². The zero-order valence-corrected chi connectivity index (χ0v) is 15.4. The SMILES string of the molecule is CCC1CN=C(N)c2ccccc21.CCc1cnc(N)c2ccccc12. The number of aliphatic imine (C=N–C) groups is 1. The highest BCUT2D eigenvalue weighted by Crippen LogP contribution is 2.26. The van der Waals surface area contributed by atoms with E-state index in [2.05, 4.69) is 48.1 Å². The monoisotopic (exact) mass is 346 g/mol. The van der Waals surface area contributed by atoms with Gasteiger partial charge >= 0.3 is 0 Å². The lowest BCUT2D eigenvalue weighted by Gasteiger charge is -2.21. The molecule has 4 rings (SSSR count). The largest absolute Gasteiger partial charge is 0.383 e. The van der Waals surface area contributed by atoms with Crippen LogP contribution in [-0.2, 0) is 6.42 Å². The molecule has 1 aromatic heterocycles. The van der Waals surface area contributed by atoms with Crippen LogP contribution >= 0.6 is 0 Å². The number of amidine groups is 1. The first-order valence-corrected chi connectivity index (χ1v) is 9.17. The zero-order valence-electron chi connectivity index (χ0n) is 15.4. The van der Waals surface area contributed by atoms with E-state index < -0.39 is 0 Å². The number of nitrogens with zero attached hydrogens (tertiary/aromatic N) is 2. The number of aromatic nitrogens is 1. The molecule has 2 aromatic carbocycles. The van der Waals surface area contributed by atoms with Gasteiger partial charge in [-0.3, -0.25) is 4.99 Å². The van der Waals surface area contributed by atoms with Gasteiger partial charge in [0.05, 0.1) is 0 Å². The highest BCUT2D eigenvalue weighted by atomic mass is 14.9. The maximum absolute atomic E-state index is 5.81. The molecule has 2 heterocycles. The Kier molecular flexibility index (Phi) is 5.52. The van der Waals surface area contributed by atoms with Crippen molar-refractivity contribution in [1.82, 2.24) is 4.98 Å². The van der Waals surface area contributed by atoms with Crippen LogP contribution in [0.3, 0.4) is 0 Å². The lowest BCUT2D eigenvalue weighted by atomic mass is 9.89. The molecule has 4 N–H and O–H groups in total.